The summed E-state index contributed by atoms with van der Waals surface area (Å²) in [7, 11) is 0. The van der Waals surface area contributed by atoms with Gasteiger partial charge in [0.15, 0.2) is 0 Å². The van der Waals surface area contributed by atoms with Gasteiger partial charge in [0, 0.05) is 18.3 Å². The van der Waals surface area contributed by atoms with Gasteiger partial charge in [0.05, 0.1) is 6.10 Å². The third kappa shape index (κ3) is 4.20. The molecule has 0 aromatic heterocycles. The van der Waals surface area contributed by atoms with Crippen molar-refractivity contribution in [3.63, 3.8) is 0 Å². The van der Waals surface area contributed by atoms with Gasteiger partial charge in [0.2, 0.25) is 0 Å². The maximum Gasteiger partial charge on any atom is 0.322 e. The van der Waals surface area contributed by atoms with Crippen LogP contribution in [0.25, 0.3) is 0 Å². The summed E-state index contributed by atoms with van der Waals surface area (Å²) >= 11 is 0. The average molecular weight is 338 g/mol. The summed E-state index contributed by atoms with van der Waals surface area (Å²) < 4.78 is 0. The van der Waals surface area contributed by atoms with Crippen molar-refractivity contribution < 1.29 is 9.90 Å². The Labute approximate surface area is 149 Å². The van der Waals surface area contributed by atoms with Crippen LogP contribution < -0.4 is 5.32 Å². The van der Waals surface area contributed by atoms with Crippen LogP contribution in [0.1, 0.15) is 42.1 Å². The molecule has 25 heavy (non-hydrogen) atoms. The highest BCUT2D eigenvalue weighted by Gasteiger charge is 2.30. The summed E-state index contributed by atoms with van der Waals surface area (Å²) in [6.07, 6.45) is 1.95. The molecule has 2 amide bonds. The molecule has 2 atom stereocenters. The second-order valence-electron chi connectivity index (χ2n) is 6.90. The maximum atomic E-state index is 12.7. The minimum Gasteiger partial charge on any atom is -0.388 e. The van der Waals surface area contributed by atoms with Crippen molar-refractivity contribution in [3.05, 3.63) is 65.2 Å². The molecule has 0 radical (unpaired) electrons. The van der Waals surface area contributed by atoms with Crippen LogP contribution in [-0.2, 0) is 0 Å². The molecule has 2 N–H and O–H groups in total. The van der Waals surface area contributed by atoms with Crippen LogP contribution in [-0.4, -0.2) is 28.6 Å². The van der Waals surface area contributed by atoms with Gasteiger partial charge < -0.3 is 15.3 Å². The van der Waals surface area contributed by atoms with Gasteiger partial charge >= 0.3 is 6.03 Å². The second kappa shape index (κ2) is 7.70. The predicted molar refractivity (Wildman–Crippen MR) is 101 cm³/mol. The van der Waals surface area contributed by atoms with Crippen molar-refractivity contribution in [1.29, 1.82) is 0 Å². The molecule has 0 bridgehead atoms. The average Bonchev–Trinajstić information content (AvgIpc) is 3.07. The SMILES string of the molecule is Cc1ccc(C)c(NC(=O)N2CCCC2CC(O)c2ccccc2)c1. The zero-order valence-corrected chi connectivity index (χ0v) is 14.9. The van der Waals surface area contributed by atoms with Gasteiger partial charge in [-0.25, -0.2) is 4.79 Å². The van der Waals surface area contributed by atoms with Crippen LogP contribution in [0, 0.1) is 13.8 Å². The highest BCUT2D eigenvalue weighted by Crippen LogP contribution is 2.28. The first kappa shape index (κ1) is 17.5. The van der Waals surface area contributed by atoms with Crippen LogP contribution in [0.15, 0.2) is 48.5 Å². The first-order valence-corrected chi connectivity index (χ1v) is 8.92. The van der Waals surface area contributed by atoms with Crippen LogP contribution in [0.5, 0.6) is 0 Å². The summed E-state index contributed by atoms with van der Waals surface area (Å²) in [4.78, 5) is 14.6. The lowest BCUT2D eigenvalue weighted by Crippen LogP contribution is -2.39. The molecule has 4 heteroatoms. The predicted octanol–water partition coefficient (Wildman–Crippen LogP) is 4.42. The van der Waals surface area contributed by atoms with Crippen molar-refractivity contribution in [2.45, 2.75) is 45.3 Å². The van der Waals surface area contributed by atoms with Crippen molar-refractivity contribution >= 4 is 11.7 Å². The van der Waals surface area contributed by atoms with E-state index in [1.54, 1.807) is 0 Å². The zero-order chi connectivity index (χ0) is 17.8. The van der Waals surface area contributed by atoms with Crippen molar-refractivity contribution in [2.24, 2.45) is 0 Å². The maximum absolute atomic E-state index is 12.7. The fraction of sp³-hybridized carbons (Fsp3) is 0.381. The van der Waals surface area contributed by atoms with Crippen molar-refractivity contribution in [1.82, 2.24) is 4.90 Å². The quantitative estimate of drug-likeness (QED) is 0.867. The number of aliphatic hydroxyl groups excluding tert-OH is 1. The summed E-state index contributed by atoms with van der Waals surface area (Å²) in [5, 5.41) is 13.5. The molecule has 1 fully saturated rings. The smallest absolute Gasteiger partial charge is 0.322 e. The third-order valence-electron chi connectivity index (χ3n) is 4.95. The summed E-state index contributed by atoms with van der Waals surface area (Å²) in [5.74, 6) is 0. The molecule has 3 rings (SSSR count). The molecule has 1 saturated heterocycles. The fourth-order valence-corrected chi connectivity index (χ4v) is 3.47. The van der Waals surface area contributed by atoms with Gasteiger partial charge in [-0.3, -0.25) is 0 Å². The van der Waals surface area contributed by atoms with E-state index in [9.17, 15) is 9.90 Å². The van der Waals surface area contributed by atoms with Gasteiger partial charge in [0.25, 0.3) is 0 Å². The van der Waals surface area contributed by atoms with Gasteiger partial charge in [-0.05, 0) is 55.9 Å². The van der Waals surface area contributed by atoms with Crippen molar-refractivity contribution in [2.75, 3.05) is 11.9 Å². The number of nitrogens with zero attached hydrogens (tertiary/aromatic N) is 1. The topological polar surface area (TPSA) is 52.6 Å². The molecule has 0 aliphatic carbocycles. The number of likely N-dealkylation sites (tertiary alicyclic amines) is 1. The van der Waals surface area contributed by atoms with E-state index in [0.717, 1.165) is 41.8 Å². The van der Waals surface area contributed by atoms with Gasteiger partial charge in [-0.1, -0.05) is 42.5 Å². The number of nitrogens with one attached hydrogen (secondary N) is 1. The Kier molecular flexibility index (Phi) is 5.39. The zero-order valence-electron chi connectivity index (χ0n) is 14.9. The highest BCUT2D eigenvalue weighted by atomic mass is 16.3. The number of aliphatic hydroxyl groups is 1. The molecule has 1 heterocycles. The molecule has 132 valence electrons. The van der Waals surface area contributed by atoms with E-state index in [2.05, 4.69) is 5.32 Å². The number of rotatable bonds is 4. The summed E-state index contributed by atoms with van der Waals surface area (Å²) in [5.41, 5.74) is 3.95. The monoisotopic (exact) mass is 338 g/mol. The van der Waals surface area contributed by atoms with Crippen LogP contribution in [0.4, 0.5) is 10.5 Å². The Morgan fingerprint density at radius 2 is 2.00 bits per heavy atom. The molecule has 2 aromatic rings. The number of anilines is 1. The third-order valence-corrected chi connectivity index (χ3v) is 4.95. The molecule has 0 spiro atoms. The molecule has 4 nitrogen and oxygen atoms in total. The Bertz CT molecular complexity index is 730. The first-order chi connectivity index (χ1) is 12.0. The number of hydrogen-bond acceptors (Lipinski definition) is 2. The fourth-order valence-electron chi connectivity index (χ4n) is 3.47. The van der Waals surface area contributed by atoms with Gasteiger partial charge in [-0.15, -0.1) is 0 Å². The van der Waals surface area contributed by atoms with Gasteiger partial charge in [-0.2, -0.15) is 0 Å². The van der Waals surface area contributed by atoms with Crippen LogP contribution >= 0.6 is 0 Å². The van der Waals surface area contributed by atoms with Gasteiger partial charge in [0.1, 0.15) is 0 Å². The lowest BCUT2D eigenvalue weighted by molar-refractivity contribution is 0.130. The minimum atomic E-state index is -0.541. The Morgan fingerprint density at radius 3 is 2.76 bits per heavy atom. The van der Waals surface area contributed by atoms with E-state index >= 15 is 0 Å². The largest absolute Gasteiger partial charge is 0.388 e. The molecule has 2 aromatic carbocycles. The number of benzene rings is 2. The number of carbonyl (C=O) groups is 1. The van der Waals surface area contributed by atoms with E-state index in [4.69, 9.17) is 0 Å². The van der Waals surface area contributed by atoms with E-state index in [1.807, 2.05) is 67.3 Å². The Balaban J connectivity index is 1.66. The van der Waals surface area contributed by atoms with Crippen LogP contribution in [0.2, 0.25) is 0 Å². The Hall–Kier alpha value is -2.33. The molecular weight excluding hydrogens is 312 g/mol. The first-order valence-electron chi connectivity index (χ1n) is 8.92. The minimum absolute atomic E-state index is 0.0697. The number of carbonyl (C=O) groups excluding carboxylic acids is 1. The molecule has 1 aliphatic heterocycles. The lowest BCUT2D eigenvalue weighted by Gasteiger charge is -2.27. The standard InChI is InChI=1S/C21H26N2O2/c1-15-10-11-16(2)19(13-15)22-21(25)23-12-6-9-18(23)14-20(24)17-7-4-3-5-8-17/h3-5,7-8,10-11,13,18,20,24H,6,9,12,14H2,1-2H3,(H,22,25). The molecular formula is C21H26N2O2. The molecule has 0 saturated carbocycles. The number of hydrogen-bond donors (Lipinski definition) is 2. The summed E-state index contributed by atoms with van der Waals surface area (Å²) in [6, 6.07) is 15.7. The molecule has 1 aliphatic rings. The van der Waals surface area contributed by atoms with E-state index in [1.165, 1.54) is 0 Å². The normalized spacial score (nSPS) is 18.2. The highest BCUT2D eigenvalue weighted by molar-refractivity contribution is 5.90. The Morgan fingerprint density at radius 1 is 1.24 bits per heavy atom. The molecule has 2 unspecified atom stereocenters. The van der Waals surface area contributed by atoms with Crippen molar-refractivity contribution in [3.8, 4) is 0 Å². The number of urea groups is 1. The number of aryl methyl sites for hydroxylation is 2. The van der Waals surface area contributed by atoms with Crippen LogP contribution in [0.3, 0.4) is 0 Å². The van der Waals surface area contributed by atoms with E-state index in [0.29, 0.717) is 6.42 Å². The lowest BCUT2D eigenvalue weighted by atomic mass is 10.0. The number of amides is 2. The second-order valence-corrected chi connectivity index (χ2v) is 6.90. The summed E-state index contributed by atoms with van der Waals surface area (Å²) in [6.45, 7) is 4.75. The van der Waals surface area contributed by atoms with E-state index in [-0.39, 0.29) is 12.1 Å². The van der Waals surface area contributed by atoms with E-state index < -0.39 is 6.10 Å².